The van der Waals surface area contributed by atoms with Crippen molar-refractivity contribution in [3.8, 4) is 0 Å². The number of halogens is 2. The molecule has 1 aromatic rings. The molecule has 0 N–H and O–H groups in total. The SMILES string of the molecule is CCc1ccc(CC(CBr)(CBr)C2CCS(=O)(=O)C2)cc1. The maximum atomic E-state index is 11.8. The molecule has 1 saturated heterocycles. The van der Waals surface area contributed by atoms with Crippen LogP contribution >= 0.6 is 31.9 Å². The van der Waals surface area contributed by atoms with Crippen LogP contribution in [-0.2, 0) is 22.7 Å². The quantitative estimate of drug-likeness (QED) is 0.630. The number of aryl methyl sites for hydroxylation is 1. The van der Waals surface area contributed by atoms with E-state index < -0.39 is 9.84 Å². The van der Waals surface area contributed by atoms with Gasteiger partial charge in [-0.15, -0.1) is 0 Å². The highest BCUT2D eigenvalue weighted by Gasteiger charge is 2.43. The van der Waals surface area contributed by atoms with Crippen LogP contribution < -0.4 is 0 Å². The fourth-order valence-electron chi connectivity index (χ4n) is 3.07. The molecule has 5 heteroatoms. The average Bonchev–Trinajstić information content (AvgIpc) is 2.86. The van der Waals surface area contributed by atoms with Crippen LogP contribution in [0.25, 0.3) is 0 Å². The van der Waals surface area contributed by atoms with Gasteiger partial charge < -0.3 is 0 Å². The van der Waals surface area contributed by atoms with E-state index in [1.165, 1.54) is 11.1 Å². The molecular weight excluding hydrogens is 416 g/mol. The van der Waals surface area contributed by atoms with Gasteiger partial charge in [0.2, 0.25) is 0 Å². The second-order valence-electron chi connectivity index (χ2n) is 6.08. The zero-order valence-electron chi connectivity index (χ0n) is 12.3. The summed E-state index contributed by atoms with van der Waals surface area (Å²) in [7, 11) is -2.84. The van der Waals surface area contributed by atoms with E-state index in [2.05, 4.69) is 63.0 Å². The molecule has 0 radical (unpaired) electrons. The van der Waals surface area contributed by atoms with Gasteiger partial charge in [0.05, 0.1) is 11.5 Å². The molecule has 1 aliphatic heterocycles. The normalized spacial score (nSPS) is 21.6. The van der Waals surface area contributed by atoms with E-state index in [0.29, 0.717) is 11.5 Å². The molecule has 1 heterocycles. The molecule has 0 saturated carbocycles. The van der Waals surface area contributed by atoms with Crippen LogP contribution in [0.2, 0.25) is 0 Å². The first kappa shape index (κ1) is 17.5. The van der Waals surface area contributed by atoms with Crippen molar-refractivity contribution in [3.05, 3.63) is 35.4 Å². The lowest BCUT2D eigenvalue weighted by Crippen LogP contribution is -2.37. The average molecular weight is 438 g/mol. The van der Waals surface area contributed by atoms with Crippen molar-refractivity contribution in [2.75, 3.05) is 22.2 Å². The fourth-order valence-corrected chi connectivity index (χ4v) is 7.25. The van der Waals surface area contributed by atoms with Crippen molar-refractivity contribution in [2.24, 2.45) is 11.3 Å². The number of hydrogen-bond donors (Lipinski definition) is 0. The minimum Gasteiger partial charge on any atom is -0.229 e. The predicted octanol–water partition coefficient (Wildman–Crippen LogP) is 4.00. The summed E-state index contributed by atoms with van der Waals surface area (Å²) in [5, 5.41) is 1.64. The first-order valence-corrected chi connectivity index (χ1v) is 11.4. The Morgan fingerprint density at radius 3 is 2.14 bits per heavy atom. The zero-order chi connectivity index (χ0) is 15.5. The van der Waals surface area contributed by atoms with Gasteiger partial charge in [0.25, 0.3) is 0 Å². The van der Waals surface area contributed by atoms with E-state index in [9.17, 15) is 8.42 Å². The summed E-state index contributed by atoms with van der Waals surface area (Å²) < 4.78 is 23.6. The summed E-state index contributed by atoms with van der Waals surface area (Å²) in [6.45, 7) is 2.15. The maximum Gasteiger partial charge on any atom is 0.150 e. The molecule has 118 valence electrons. The minimum atomic E-state index is -2.84. The molecule has 0 amide bonds. The molecule has 0 spiro atoms. The van der Waals surface area contributed by atoms with E-state index >= 15 is 0 Å². The summed E-state index contributed by atoms with van der Waals surface area (Å²) in [4.78, 5) is 0. The van der Waals surface area contributed by atoms with Gasteiger partial charge in [-0.2, -0.15) is 0 Å². The summed E-state index contributed by atoms with van der Waals surface area (Å²) in [5.41, 5.74) is 2.60. The number of sulfone groups is 1. The largest absolute Gasteiger partial charge is 0.229 e. The Morgan fingerprint density at radius 2 is 1.71 bits per heavy atom. The highest BCUT2D eigenvalue weighted by Crippen LogP contribution is 2.41. The van der Waals surface area contributed by atoms with Gasteiger partial charge in [-0.25, -0.2) is 8.42 Å². The second-order valence-corrected chi connectivity index (χ2v) is 9.43. The summed E-state index contributed by atoms with van der Waals surface area (Å²) in [6.07, 6.45) is 2.74. The van der Waals surface area contributed by atoms with Crippen molar-refractivity contribution in [3.63, 3.8) is 0 Å². The first-order valence-electron chi connectivity index (χ1n) is 7.35. The van der Waals surface area contributed by atoms with Gasteiger partial charge in [0.15, 0.2) is 9.84 Å². The Balaban J connectivity index is 2.21. The van der Waals surface area contributed by atoms with E-state index in [1.54, 1.807) is 0 Å². The third kappa shape index (κ3) is 4.11. The van der Waals surface area contributed by atoms with E-state index in [-0.39, 0.29) is 11.3 Å². The number of rotatable bonds is 6. The van der Waals surface area contributed by atoms with E-state index in [1.807, 2.05) is 0 Å². The van der Waals surface area contributed by atoms with Crippen molar-refractivity contribution in [1.82, 2.24) is 0 Å². The van der Waals surface area contributed by atoms with Crippen LogP contribution in [0, 0.1) is 11.3 Å². The first-order chi connectivity index (χ1) is 9.94. The molecule has 2 nitrogen and oxygen atoms in total. The molecule has 1 atom stereocenters. The Bertz CT molecular complexity index is 562. The molecule has 1 unspecified atom stereocenters. The zero-order valence-corrected chi connectivity index (χ0v) is 16.3. The molecule has 1 aliphatic rings. The maximum absolute atomic E-state index is 11.8. The Labute approximate surface area is 144 Å². The van der Waals surface area contributed by atoms with Crippen molar-refractivity contribution in [2.45, 2.75) is 26.2 Å². The van der Waals surface area contributed by atoms with Crippen LogP contribution in [0.1, 0.15) is 24.5 Å². The Kier molecular flexibility index (Phi) is 5.94. The van der Waals surface area contributed by atoms with Gasteiger partial charge in [-0.1, -0.05) is 63.0 Å². The van der Waals surface area contributed by atoms with E-state index in [0.717, 1.165) is 29.9 Å². The third-order valence-corrected chi connectivity index (χ3v) is 8.62. The van der Waals surface area contributed by atoms with Crippen LogP contribution in [0.3, 0.4) is 0 Å². The minimum absolute atomic E-state index is 0.0305. The summed E-state index contributed by atoms with van der Waals surface area (Å²) in [6, 6.07) is 8.71. The lowest BCUT2D eigenvalue weighted by Gasteiger charge is -2.36. The molecule has 1 fully saturated rings. The smallest absolute Gasteiger partial charge is 0.150 e. The Hall–Kier alpha value is 0.130. The van der Waals surface area contributed by atoms with Crippen LogP contribution in [0.5, 0.6) is 0 Å². The third-order valence-electron chi connectivity index (χ3n) is 4.62. The lowest BCUT2D eigenvalue weighted by atomic mass is 9.74. The number of alkyl halides is 2. The fraction of sp³-hybridized carbons (Fsp3) is 0.625. The van der Waals surface area contributed by atoms with Crippen LogP contribution in [0.4, 0.5) is 0 Å². The van der Waals surface area contributed by atoms with Gasteiger partial charge >= 0.3 is 0 Å². The molecule has 0 aliphatic carbocycles. The molecule has 1 aromatic carbocycles. The van der Waals surface area contributed by atoms with Crippen molar-refractivity contribution >= 4 is 41.7 Å². The van der Waals surface area contributed by atoms with Crippen molar-refractivity contribution < 1.29 is 8.42 Å². The monoisotopic (exact) mass is 436 g/mol. The molecule has 2 rings (SSSR count). The van der Waals surface area contributed by atoms with Crippen LogP contribution in [0.15, 0.2) is 24.3 Å². The van der Waals surface area contributed by atoms with Gasteiger partial charge in [-0.3, -0.25) is 0 Å². The number of hydrogen-bond acceptors (Lipinski definition) is 2. The predicted molar refractivity (Wildman–Crippen MR) is 96.3 cm³/mol. The standard InChI is InChI=1S/C16H22Br2O2S/c1-2-13-3-5-14(6-4-13)9-16(11-17,12-18)15-7-8-21(19,20)10-15/h3-6,15H,2,7-12H2,1H3. The molecular formula is C16H22Br2O2S. The van der Waals surface area contributed by atoms with Crippen LogP contribution in [-0.4, -0.2) is 30.6 Å². The molecule has 21 heavy (non-hydrogen) atoms. The summed E-state index contributed by atoms with van der Waals surface area (Å²) in [5.74, 6) is 0.901. The molecule has 0 bridgehead atoms. The van der Waals surface area contributed by atoms with Gasteiger partial charge in [0, 0.05) is 10.7 Å². The van der Waals surface area contributed by atoms with E-state index in [4.69, 9.17) is 0 Å². The van der Waals surface area contributed by atoms with Crippen molar-refractivity contribution in [1.29, 1.82) is 0 Å². The van der Waals surface area contributed by atoms with Gasteiger partial charge in [0.1, 0.15) is 0 Å². The lowest BCUT2D eigenvalue weighted by molar-refractivity contribution is 0.253. The summed E-state index contributed by atoms with van der Waals surface area (Å²) >= 11 is 7.28. The van der Waals surface area contributed by atoms with Gasteiger partial charge in [-0.05, 0) is 41.7 Å². The Morgan fingerprint density at radius 1 is 1.14 bits per heavy atom. The second kappa shape index (κ2) is 7.14. The molecule has 0 aromatic heterocycles. The highest BCUT2D eigenvalue weighted by molar-refractivity contribution is 9.09. The topological polar surface area (TPSA) is 34.1 Å². The highest BCUT2D eigenvalue weighted by atomic mass is 79.9. The number of benzene rings is 1.